The fourth-order valence-electron chi connectivity index (χ4n) is 3.40. The van der Waals surface area contributed by atoms with Gasteiger partial charge in [0.05, 0.1) is 31.4 Å². The summed E-state index contributed by atoms with van der Waals surface area (Å²) < 4.78 is 12.5. The lowest BCUT2D eigenvalue weighted by Gasteiger charge is -2.21. The summed E-state index contributed by atoms with van der Waals surface area (Å²) in [6, 6.07) is 14.4. The highest BCUT2D eigenvalue weighted by Gasteiger charge is 2.25. The maximum atomic E-state index is 12.4. The van der Waals surface area contributed by atoms with Crippen molar-refractivity contribution >= 4 is 35.4 Å². The molecule has 11 heteroatoms. The third-order valence-electron chi connectivity index (χ3n) is 4.99. The first-order valence-corrected chi connectivity index (χ1v) is 11.8. The van der Waals surface area contributed by atoms with E-state index >= 15 is 0 Å². The number of amides is 2. The molecular weight excluding hydrogens is 478 g/mol. The lowest BCUT2D eigenvalue weighted by atomic mass is 10.2. The maximum absolute atomic E-state index is 12.4. The van der Waals surface area contributed by atoms with E-state index in [1.807, 2.05) is 41.0 Å². The van der Waals surface area contributed by atoms with Crippen molar-refractivity contribution in [1.29, 1.82) is 0 Å². The lowest BCUT2D eigenvalue weighted by Crippen LogP contribution is -2.44. The molecule has 2 N–H and O–H groups in total. The summed E-state index contributed by atoms with van der Waals surface area (Å²) in [5, 5.41) is 15.3. The molecule has 1 aromatic heterocycles. The Bertz CT molecular complexity index is 1240. The predicted molar refractivity (Wildman–Crippen MR) is 129 cm³/mol. The van der Waals surface area contributed by atoms with Crippen LogP contribution < -0.4 is 15.4 Å². The van der Waals surface area contributed by atoms with E-state index in [4.69, 9.17) is 21.1 Å². The third-order valence-corrected chi connectivity index (χ3v) is 6.20. The van der Waals surface area contributed by atoms with Gasteiger partial charge in [-0.15, -0.1) is 10.2 Å². The van der Waals surface area contributed by atoms with Crippen LogP contribution >= 0.6 is 23.4 Å². The smallest absolute Gasteiger partial charge is 0.337 e. The van der Waals surface area contributed by atoms with Gasteiger partial charge in [0.15, 0.2) is 11.0 Å². The van der Waals surface area contributed by atoms with Gasteiger partial charge < -0.3 is 20.1 Å². The molecule has 0 unspecified atom stereocenters. The quantitative estimate of drug-likeness (QED) is 0.358. The summed E-state index contributed by atoms with van der Waals surface area (Å²) in [7, 11) is 1.60. The highest BCUT2D eigenvalue weighted by atomic mass is 35.5. The number of methoxy groups -OCH3 is 1. The fourth-order valence-corrected chi connectivity index (χ4v) is 4.46. The number of para-hydroxylation sites is 1. The first-order valence-electron chi connectivity index (χ1n) is 10.4. The van der Waals surface area contributed by atoms with Crippen LogP contribution in [0.1, 0.15) is 6.92 Å². The van der Waals surface area contributed by atoms with Gasteiger partial charge in [0.2, 0.25) is 0 Å². The highest BCUT2D eigenvalue weighted by Crippen LogP contribution is 2.34. The van der Waals surface area contributed by atoms with Crippen LogP contribution in [0, 0.1) is 0 Å². The van der Waals surface area contributed by atoms with Crippen LogP contribution in [0.25, 0.3) is 17.1 Å². The van der Waals surface area contributed by atoms with E-state index in [0.29, 0.717) is 33.0 Å². The zero-order valence-electron chi connectivity index (χ0n) is 18.5. The maximum Gasteiger partial charge on any atom is 0.337 e. The van der Waals surface area contributed by atoms with Crippen LogP contribution in [0.3, 0.4) is 0 Å². The van der Waals surface area contributed by atoms with Gasteiger partial charge in [-0.1, -0.05) is 35.5 Å². The van der Waals surface area contributed by atoms with Gasteiger partial charge in [0.25, 0.3) is 0 Å². The van der Waals surface area contributed by atoms with Crippen molar-refractivity contribution in [3.05, 3.63) is 64.8 Å². The molecule has 0 saturated heterocycles. The van der Waals surface area contributed by atoms with Crippen LogP contribution in [-0.4, -0.2) is 52.8 Å². The second kappa shape index (κ2) is 10.6. The molecule has 0 aliphatic carbocycles. The van der Waals surface area contributed by atoms with Gasteiger partial charge in [-0.3, -0.25) is 4.57 Å². The molecule has 0 radical (unpaired) electrons. The minimum Gasteiger partial charge on any atom is -0.496 e. The number of benzene rings is 2. The second-order valence-corrected chi connectivity index (χ2v) is 8.47. The highest BCUT2D eigenvalue weighted by molar-refractivity contribution is 7.99. The second-order valence-electron chi connectivity index (χ2n) is 7.09. The van der Waals surface area contributed by atoms with Crippen LogP contribution in [0.15, 0.2) is 65.0 Å². The van der Waals surface area contributed by atoms with Crippen LogP contribution in [0.2, 0.25) is 5.02 Å². The van der Waals surface area contributed by atoms with E-state index in [2.05, 4.69) is 20.8 Å². The van der Waals surface area contributed by atoms with Crippen molar-refractivity contribution in [3.63, 3.8) is 0 Å². The average Bonchev–Trinajstić information content (AvgIpc) is 3.27. The van der Waals surface area contributed by atoms with Gasteiger partial charge >= 0.3 is 12.0 Å². The molecule has 9 nitrogen and oxygen atoms in total. The van der Waals surface area contributed by atoms with Crippen molar-refractivity contribution < 1.29 is 19.1 Å². The number of halogens is 1. The molecule has 1 aliphatic heterocycles. The minimum atomic E-state index is -0.473. The van der Waals surface area contributed by atoms with E-state index in [-0.39, 0.29) is 24.9 Å². The number of nitrogens with one attached hydrogen (secondary N) is 2. The summed E-state index contributed by atoms with van der Waals surface area (Å²) in [5.41, 5.74) is 2.40. The Hall–Kier alpha value is -3.50. The molecular formula is C23H22ClN5O4S. The third kappa shape index (κ3) is 5.02. The number of esters is 1. The van der Waals surface area contributed by atoms with Gasteiger partial charge in [-0.05, 0) is 43.3 Å². The van der Waals surface area contributed by atoms with Crippen molar-refractivity contribution in [2.45, 2.75) is 12.1 Å². The Labute approximate surface area is 205 Å². The Morgan fingerprint density at radius 2 is 1.94 bits per heavy atom. The molecule has 0 fully saturated rings. The summed E-state index contributed by atoms with van der Waals surface area (Å²) in [6.07, 6.45) is 0. The lowest BCUT2D eigenvalue weighted by molar-refractivity contribution is -0.138. The molecule has 4 rings (SSSR count). The largest absolute Gasteiger partial charge is 0.496 e. The van der Waals surface area contributed by atoms with Crippen LogP contribution in [0.5, 0.6) is 5.75 Å². The molecule has 0 saturated carbocycles. The first-order chi connectivity index (χ1) is 16.5. The Morgan fingerprint density at radius 3 is 2.68 bits per heavy atom. The van der Waals surface area contributed by atoms with Crippen molar-refractivity contribution in [2.75, 3.05) is 26.0 Å². The number of rotatable bonds is 8. The summed E-state index contributed by atoms with van der Waals surface area (Å²) in [4.78, 5) is 24.3. The monoisotopic (exact) mass is 499 g/mol. The number of carbonyl (C=O) groups excluding carboxylic acids is 2. The summed E-state index contributed by atoms with van der Waals surface area (Å²) >= 11 is 7.43. The number of aromatic nitrogens is 3. The molecule has 2 aromatic carbocycles. The minimum absolute atomic E-state index is 0.0941. The molecule has 0 atom stereocenters. The van der Waals surface area contributed by atoms with E-state index in [1.165, 1.54) is 11.8 Å². The Kier molecular flexibility index (Phi) is 7.39. The number of nitrogens with zero attached hydrogens (tertiary/aromatic N) is 3. The van der Waals surface area contributed by atoms with E-state index in [0.717, 1.165) is 11.3 Å². The van der Waals surface area contributed by atoms with Gasteiger partial charge in [0.1, 0.15) is 5.75 Å². The normalized spacial score (nSPS) is 13.3. The molecule has 2 amide bonds. The Balaban J connectivity index is 1.73. The van der Waals surface area contributed by atoms with E-state index < -0.39 is 5.97 Å². The van der Waals surface area contributed by atoms with E-state index in [9.17, 15) is 9.59 Å². The molecule has 176 valence electrons. The van der Waals surface area contributed by atoms with Crippen LogP contribution in [0.4, 0.5) is 4.79 Å². The SMILES string of the molecule is CCOC(=O)C1=C(CSc2nnc(-c3ccccc3OC)n2-c2ccc(Cl)cc2)NC(=O)NC1. The molecule has 3 aromatic rings. The van der Waals surface area contributed by atoms with Gasteiger partial charge in [0, 0.05) is 22.2 Å². The molecule has 2 heterocycles. The molecule has 0 bridgehead atoms. The molecule has 34 heavy (non-hydrogen) atoms. The van der Waals surface area contributed by atoms with Crippen molar-refractivity contribution in [2.24, 2.45) is 0 Å². The van der Waals surface area contributed by atoms with E-state index in [1.54, 1.807) is 26.2 Å². The number of thioether (sulfide) groups is 1. The average molecular weight is 500 g/mol. The summed E-state index contributed by atoms with van der Waals surface area (Å²) in [5.74, 6) is 1.04. The zero-order chi connectivity index (χ0) is 24.1. The number of carbonyl (C=O) groups is 2. The standard InChI is InChI=1S/C23H22ClN5O4S/c1-3-33-21(30)17-12-25-22(31)26-18(17)13-34-23-28-27-20(16-6-4-5-7-19(16)32-2)29(23)15-10-8-14(24)9-11-15/h4-11H,3,12-13H2,1-2H3,(H2,25,26,31). The fraction of sp³-hybridized carbons (Fsp3) is 0.217. The topological polar surface area (TPSA) is 107 Å². The van der Waals surface area contributed by atoms with Gasteiger partial charge in [-0.2, -0.15) is 0 Å². The van der Waals surface area contributed by atoms with Crippen molar-refractivity contribution in [1.82, 2.24) is 25.4 Å². The zero-order valence-corrected chi connectivity index (χ0v) is 20.1. The summed E-state index contributed by atoms with van der Waals surface area (Å²) in [6.45, 7) is 2.07. The number of ether oxygens (including phenoxy) is 2. The van der Waals surface area contributed by atoms with Gasteiger partial charge in [-0.25, -0.2) is 9.59 Å². The number of hydrogen-bond donors (Lipinski definition) is 2. The number of hydrogen-bond acceptors (Lipinski definition) is 7. The predicted octanol–water partition coefficient (Wildman–Crippen LogP) is 3.82. The molecule has 0 spiro atoms. The molecule has 1 aliphatic rings. The Morgan fingerprint density at radius 1 is 1.18 bits per heavy atom. The number of urea groups is 1. The van der Waals surface area contributed by atoms with Crippen molar-refractivity contribution in [3.8, 4) is 22.8 Å². The first kappa shape index (κ1) is 23.7. The van der Waals surface area contributed by atoms with Crippen LogP contribution in [-0.2, 0) is 9.53 Å².